The van der Waals surface area contributed by atoms with Gasteiger partial charge in [0.25, 0.3) is 0 Å². The van der Waals surface area contributed by atoms with E-state index >= 15 is 0 Å². The molecule has 28 heavy (non-hydrogen) atoms. The largest absolute Gasteiger partial charge is 0.491 e. The summed E-state index contributed by atoms with van der Waals surface area (Å²) in [6.07, 6.45) is 1.17. The number of hydrogen-bond donors (Lipinski definition) is 0. The topological polar surface area (TPSA) is 81.2 Å². The van der Waals surface area contributed by atoms with E-state index in [1.807, 2.05) is 24.3 Å². The minimum absolute atomic E-state index is 0.465. The predicted molar refractivity (Wildman–Crippen MR) is 103 cm³/mol. The molecule has 0 atom stereocenters. The fourth-order valence-electron chi connectivity index (χ4n) is 2.36. The summed E-state index contributed by atoms with van der Waals surface area (Å²) in [7, 11) is 4.78. The lowest BCUT2D eigenvalue weighted by atomic mass is 10.2. The molecule has 0 saturated heterocycles. The van der Waals surface area contributed by atoms with Crippen molar-refractivity contribution in [3.63, 3.8) is 0 Å². The summed E-state index contributed by atoms with van der Waals surface area (Å²) < 4.78 is 31.8. The summed E-state index contributed by atoms with van der Waals surface area (Å²) in [5, 5.41) is 0. The molecule has 0 radical (unpaired) electrons. The van der Waals surface area contributed by atoms with Crippen LogP contribution in [0.3, 0.4) is 0 Å². The first-order valence-electron chi connectivity index (χ1n) is 9.04. The molecule has 8 heteroatoms. The second-order valence-corrected chi connectivity index (χ2v) is 5.70. The van der Waals surface area contributed by atoms with Gasteiger partial charge in [0.15, 0.2) is 5.82 Å². The maximum absolute atomic E-state index is 5.67. The van der Waals surface area contributed by atoms with Crippen molar-refractivity contribution in [3.05, 3.63) is 42.2 Å². The first-order valence-corrected chi connectivity index (χ1v) is 9.04. The molecule has 0 aliphatic carbocycles. The van der Waals surface area contributed by atoms with Gasteiger partial charge in [0.1, 0.15) is 18.1 Å². The summed E-state index contributed by atoms with van der Waals surface area (Å²) in [4.78, 5) is 8.81. The van der Waals surface area contributed by atoms with Crippen LogP contribution in [0.1, 0.15) is 12.0 Å². The molecule has 0 amide bonds. The van der Waals surface area contributed by atoms with Crippen molar-refractivity contribution < 1.29 is 28.4 Å². The molecule has 1 heterocycles. The first-order chi connectivity index (χ1) is 13.8. The van der Waals surface area contributed by atoms with Gasteiger partial charge in [-0.15, -0.1) is 0 Å². The van der Waals surface area contributed by atoms with Crippen LogP contribution in [-0.2, 0) is 23.7 Å². The van der Waals surface area contributed by atoms with Gasteiger partial charge >= 0.3 is 0 Å². The van der Waals surface area contributed by atoms with E-state index in [1.54, 1.807) is 33.6 Å². The Kier molecular flexibility index (Phi) is 10.4. The van der Waals surface area contributed by atoms with Crippen LogP contribution in [0, 0.1) is 0 Å². The minimum atomic E-state index is -0.519. The minimum Gasteiger partial charge on any atom is -0.491 e. The number of benzene rings is 1. The third-order valence-electron chi connectivity index (χ3n) is 3.76. The zero-order chi connectivity index (χ0) is 20.0. The number of hydrogen-bond acceptors (Lipinski definition) is 8. The van der Waals surface area contributed by atoms with Crippen molar-refractivity contribution in [3.8, 4) is 17.1 Å². The van der Waals surface area contributed by atoms with E-state index in [4.69, 9.17) is 28.4 Å². The second-order valence-electron chi connectivity index (χ2n) is 5.70. The van der Waals surface area contributed by atoms with Crippen molar-refractivity contribution in [2.24, 2.45) is 0 Å². The lowest BCUT2D eigenvalue weighted by molar-refractivity contribution is -0.108. The van der Waals surface area contributed by atoms with Crippen LogP contribution in [0.2, 0.25) is 0 Å². The number of aromatic nitrogens is 2. The van der Waals surface area contributed by atoms with E-state index in [1.165, 1.54) is 0 Å². The van der Waals surface area contributed by atoms with Crippen LogP contribution >= 0.6 is 0 Å². The summed E-state index contributed by atoms with van der Waals surface area (Å²) in [5.41, 5.74) is 1.54. The van der Waals surface area contributed by atoms with Gasteiger partial charge in [-0.2, -0.15) is 0 Å². The molecule has 0 saturated carbocycles. The van der Waals surface area contributed by atoms with E-state index in [9.17, 15) is 0 Å². The molecule has 1 aromatic heterocycles. The van der Waals surface area contributed by atoms with Crippen LogP contribution in [0.25, 0.3) is 11.4 Å². The van der Waals surface area contributed by atoms with Gasteiger partial charge in [-0.05, 0) is 30.3 Å². The van der Waals surface area contributed by atoms with Crippen molar-refractivity contribution in [2.75, 3.05) is 61.0 Å². The van der Waals surface area contributed by atoms with Gasteiger partial charge in [-0.3, -0.25) is 0 Å². The normalized spacial score (nSPS) is 11.1. The third kappa shape index (κ3) is 7.49. The molecule has 0 N–H and O–H groups in total. The molecule has 0 unspecified atom stereocenters. The van der Waals surface area contributed by atoms with Crippen LogP contribution in [0.15, 0.2) is 36.5 Å². The van der Waals surface area contributed by atoms with Crippen molar-refractivity contribution in [1.29, 1.82) is 0 Å². The monoisotopic (exact) mass is 392 g/mol. The van der Waals surface area contributed by atoms with Gasteiger partial charge in [0.2, 0.25) is 6.29 Å². The van der Waals surface area contributed by atoms with Gasteiger partial charge in [-0.25, -0.2) is 9.97 Å². The van der Waals surface area contributed by atoms with E-state index < -0.39 is 6.29 Å². The molecule has 0 aliphatic heterocycles. The Hall–Kier alpha value is -2.10. The lowest BCUT2D eigenvalue weighted by Crippen LogP contribution is -2.12. The van der Waals surface area contributed by atoms with Crippen LogP contribution in [0.4, 0.5) is 0 Å². The van der Waals surface area contributed by atoms with Crippen LogP contribution < -0.4 is 4.74 Å². The molecule has 2 aromatic rings. The zero-order valence-electron chi connectivity index (χ0n) is 16.6. The fourth-order valence-corrected chi connectivity index (χ4v) is 2.36. The molecule has 8 nitrogen and oxygen atoms in total. The number of rotatable bonds is 14. The second kappa shape index (κ2) is 13.1. The van der Waals surface area contributed by atoms with Crippen molar-refractivity contribution >= 4 is 0 Å². The Balaban J connectivity index is 1.75. The Bertz CT molecular complexity index is 664. The highest BCUT2D eigenvalue weighted by Gasteiger charge is 2.12. The summed E-state index contributed by atoms with van der Waals surface area (Å²) >= 11 is 0. The Labute approximate surface area is 165 Å². The zero-order valence-corrected chi connectivity index (χ0v) is 16.6. The average Bonchev–Trinajstić information content (AvgIpc) is 2.74. The summed E-state index contributed by atoms with van der Waals surface area (Å²) in [6, 6.07) is 9.34. The molecule has 154 valence electrons. The molecular weight excluding hydrogens is 364 g/mol. The quantitative estimate of drug-likeness (QED) is 0.358. The standard InChI is InChI=1S/C20H28N2O6/c1-23-10-11-26-12-13-27-14-15-28-17-6-4-16(5-7-17)19-21-9-8-18(22-19)20(24-2)25-3/h4-9,20H,10-15H2,1-3H3. The molecule has 0 bridgehead atoms. The van der Waals surface area contributed by atoms with Crippen LogP contribution in [-0.4, -0.2) is 70.9 Å². The maximum atomic E-state index is 5.67. The Morgan fingerprint density at radius 1 is 0.786 bits per heavy atom. The summed E-state index contributed by atoms with van der Waals surface area (Å²) in [6.45, 7) is 3.21. The highest BCUT2D eigenvalue weighted by molar-refractivity contribution is 5.56. The molecule has 0 aliphatic rings. The highest BCUT2D eigenvalue weighted by atomic mass is 16.7. The van der Waals surface area contributed by atoms with Crippen LogP contribution in [0.5, 0.6) is 5.75 Å². The smallest absolute Gasteiger partial charge is 0.200 e. The fraction of sp³-hybridized carbons (Fsp3) is 0.500. The average molecular weight is 392 g/mol. The number of ether oxygens (including phenoxy) is 6. The molecule has 0 fully saturated rings. The van der Waals surface area contributed by atoms with E-state index in [0.29, 0.717) is 51.2 Å². The molecule has 0 spiro atoms. The summed E-state index contributed by atoms with van der Waals surface area (Å²) in [5.74, 6) is 1.35. The van der Waals surface area contributed by atoms with E-state index in [0.717, 1.165) is 11.3 Å². The van der Waals surface area contributed by atoms with Gasteiger partial charge in [0.05, 0.1) is 33.0 Å². The maximum Gasteiger partial charge on any atom is 0.200 e. The van der Waals surface area contributed by atoms with Crippen molar-refractivity contribution in [2.45, 2.75) is 6.29 Å². The lowest BCUT2D eigenvalue weighted by Gasteiger charge is -2.13. The van der Waals surface area contributed by atoms with Crippen molar-refractivity contribution in [1.82, 2.24) is 9.97 Å². The number of nitrogens with zero attached hydrogens (tertiary/aromatic N) is 2. The predicted octanol–water partition coefficient (Wildman–Crippen LogP) is 2.49. The molecule has 2 rings (SSSR count). The van der Waals surface area contributed by atoms with Gasteiger partial charge < -0.3 is 28.4 Å². The first kappa shape index (κ1) is 22.2. The van der Waals surface area contributed by atoms with E-state index in [2.05, 4.69) is 9.97 Å². The highest BCUT2D eigenvalue weighted by Crippen LogP contribution is 2.21. The number of methoxy groups -OCH3 is 3. The SMILES string of the molecule is COCCOCCOCCOc1ccc(-c2nccc(C(OC)OC)n2)cc1. The van der Waals surface area contributed by atoms with Gasteiger partial charge in [0, 0.05) is 33.1 Å². The van der Waals surface area contributed by atoms with E-state index in [-0.39, 0.29) is 0 Å². The third-order valence-corrected chi connectivity index (χ3v) is 3.76. The molecule has 1 aromatic carbocycles. The Morgan fingerprint density at radius 2 is 1.43 bits per heavy atom. The molecular formula is C20H28N2O6. The van der Waals surface area contributed by atoms with Gasteiger partial charge in [-0.1, -0.05) is 0 Å². The Morgan fingerprint density at radius 3 is 2.07 bits per heavy atom.